The van der Waals surface area contributed by atoms with Gasteiger partial charge < -0.3 is 18.9 Å². The minimum Gasteiger partial charge on any atom is -0.461 e. The molecule has 1 N–H and O–H groups in total. The second kappa shape index (κ2) is 8.97. The largest absolute Gasteiger partial charge is 0.461 e. The zero-order valence-electron chi connectivity index (χ0n) is 12.0. The van der Waals surface area contributed by atoms with Gasteiger partial charge in [-0.1, -0.05) is 0 Å². The highest BCUT2D eigenvalue weighted by atomic mass is 32.2. The molecule has 0 amide bonds. The van der Waals surface area contributed by atoms with E-state index in [1.54, 1.807) is 34.0 Å². The molecule has 0 aromatic carbocycles. The number of rotatable bonds is 9. The molecule has 0 spiro atoms. The zero-order chi connectivity index (χ0) is 15.1. The van der Waals surface area contributed by atoms with E-state index in [0.29, 0.717) is 0 Å². The van der Waals surface area contributed by atoms with E-state index in [0.717, 1.165) is 11.8 Å². The van der Waals surface area contributed by atoms with Crippen LogP contribution in [0.3, 0.4) is 0 Å². The van der Waals surface area contributed by atoms with Gasteiger partial charge in [0.15, 0.2) is 6.10 Å². The number of aliphatic hydroxyl groups excluding tert-OH is 1. The topological polar surface area (TPSA) is 82.1 Å². The van der Waals surface area contributed by atoms with Crippen molar-refractivity contribution in [3.8, 4) is 0 Å². The fraction of sp³-hybridized carbons (Fsp3) is 0.909. The molecule has 0 aliphatic carbocycles. The lowest BCUT2D eigenvalue weighted by Gasteiger charge is -2.27. The highest BCUT2D eigenvalue weighted by Crippen LogP contribution is 2.57. The Morgan fingerprint density at radius 3 is 2.05 bits per heavy atom. The Labute approximate surface area is 118 Å². The minimum atomic E-state index is -3.57. The summed E-state index contributed by atoms with van der Waals surface area (Å²) >= 11 is 1.06. The summed E-state index contributed by atoms with van der Waals surface area (Å²) in [5, 5.41) is 9.99. The first-order valence-electron chi connectivity index (χ1n) is 6.12. The van der Waals surface area contributed by atoms with E-state index in [4.69, 9.17) is 13.8 Å². The van der Waals surface area contributed by atoms with Crippen molar-refractivity contribution >= 4 is 25.3 Å². The van der Waals surface area contributed by atoms with Crippen molar-refractivity contribution in [3.63, 3.8) is 0 Å². The summed E-state index contributed by atoms with van der Waals surface area (Å²) < 4.78 is 27.7. The molecule has 0 saturated carbocycles. The maximum absolute atomic E-state index is 12.5. The molecule has 0 fully saturated rings. The highest BCUT2D eigenvalue weighted by Gasteiger charge is 2.44. The van der Waals surface area contributed by atoms with E-state index in [9.17, 15) is 14.5 Å². The lowest BCUT2D eigenvalue weighted by atomic mass is 10.4. The number of thioether (sulfide) groups is 1. The van der Waals surface area contributed by atoms with Gasteiger partial charge in [0, 0.05) is 0 Å². The fourth-order valence-corrected chi connectivity index (χ4v) is 4.72. The third-order valence-corrected chi connectivity index (χ3v) is 6.32. The summed E-state index contributed by atoms with van der Waals surface area (Å²) in [4.78, 5) is 10.7. The predicted octanol–water partition coefficient (Wildman–Crippen LogP) is 2.25. The standard InChI is InChI=1S/C11H23O6PS/c1-6-15-18(14,16-7-2)11(19-5)9(12)10(13)17-8(3)4/h8-9,11-12H,6-7H2,1-5H3/t9-,11+/m0/s1. The zero-order valence-corrected chi connectivity index (χ0v) is 13.7. The fourth-order valence-electron chi connectivity index (χ4n) is 1.39. The maximum atomic E-state index is 12.5. The first-order chi connectivity index (χ1) is 8.82. The number of carbonyl (C=O) groups is 1. The minimum absolute atomic E-state index is 0.167. The SMILES string of the molecule is CCOP(=O)(OCC)[C@H](SC)[C@@H](O)C(=O)OC(C)C. The molecule has 0 saturated heterocycles. The molecule has 114 valence electrons. The predicted molar refractivity (Wildman–Crippen MR) is 75.4 cm³/mol. The molecular weight excluding hydrogens is 291 g/mol. The Bertz CT molecular complexity index is 312. The number of hydrogen-bond donors (Lipinski definition) is 1. The smallest absolute Gasteiger partial charge is 0.346 e. The van der Waals surface area contributed by atoms with Crippen molar-refractivity contribution in [1.82, 2.24) is 0 Å². The van der Waals surface area contributed by atoms with E-state index < -0.39 is 24.7 Å². The average molecular weight is 314 g/mol. The van der Waals surface area contributed by atoms with Crippen LogP contribution in [0.1, 0.15) is 27.7 Å². The summed E-state index contributed by atoms with van der Waals surface area (Å²) in [6, 6.07) is 0. The molecule has 0 aromatic heterocycles. The Hall–Kier alpha value is -0.0700. The van der Waals surface area contributed by atoms with Crippen LogP contribution in [0, 0.1) is 0 Å². The van der Waals surface area contributed by atoms with E-state index in [1.165, 1.54) is 0 Å². The van der Waals surface area contributed by atoms with Gasteiger partial charge in [0.1, 0.15) is 4.99 Å². The molecule has 0 heterocycles. The number of esters is 1. The van der Waals surface area contributed by atoms with Crippen molar-refractivity contribution in [1.29, 1.82) is 0 Å². The van der Waals surface area contributed by atoms with Gasteiger partial charge in [0.05, 0.1) is 19.3 Å². The molecule has 0 aliphatic rings. The normalized spacial score (nSPS) is 15.3. The van der Waals surface area contributed by atoms with Crippen LogP contribution in [0.15, 0.2) is 0 Å². The summed E-state index contributed by atoms with van der Waals surface area (Å²) in [5.74, 6) is -0.825. The summed E-state index contributed by atoms with van der Waals surface area (Å²) in [6.45, 7) is 7.01. The van der Waals surface area contributed by atoms with Crippen molar-refractivity contribution in [2.24, 2.45) is 0 Å². The summed E-state index contributed by atoms with van der Waals surface area (Å²) in [7, 11) is -3.57. The van der Waals surface area contributed by atoms with Crippen LogP contribution < -0.4 is 0 Å². The third kappa shape index (κ3) is 5.83. The van der Waals surface area contributed by atoms with Crippen molar-refractivity contribution in [3.05, 3.63) is 0 Å². The van der Waals surface area contributed by atoms with Gasteiger partial charge in [-0.25, -0.2) is 4.79 Å². The molecule has 6 nitrogen and oxygen atoms in total. The second-order valence-corrected chi connectivity index (χ2v) is 7.41. The molecule has 0 aromatic rings. The van der Waals surface area contributed by atoms with Crippen LogP contribution in [0.2, 0.25) is 0 Å². The number of aliphatic hydroxyl groups is 1. The molecule has 0 bridgehead atoms. The Kier molecular flexibility index (Phi) is 8.94. The first kappa shape index (κ1) is 18.9. The van der Waals surface area contributed by atoms with Gasteiger partial charge in [-0.2, -0.15) is 0 Å². The molecule has 8 heteroatoms. The molecule has 2 atom stereocenters. The quantitative estimate of drug-likeness (QED) is 0.516. The van der Waals surface area contributed by atoms with Crippen LogP contribution in [-0.4, -0.2) is 47.7 Å². The average Bonchev–Trinajstić information content (AvgIpc) is 2.29. The molecule has 0 rings (SSSR count). The Morgan fingerprint density at radius 1 is 1.26 bits per heavy atom. The van der Waals surface area contributed by atoms with Crippen LogP contribution >= 0.6 is 19.4 Å². The number of ether oxygens (including phenoxy) is 1. The van der Waals surface area contributed by atoms with Gasteiger partial charge in [-0.05, 0) is 34.0 Å². The van der Waals surface area contributed by atoms with Gasteiger partial charge in [-0.15, -0.1) is 11.8 Å². The molecule has 0 radical (unpaired) electrons. The molecular formula is C11H23O6PS. The maximum Gasteiger partial charge on any atom is 0.346 e. The van der Waals surface area contributed by atoms with Crippen molar-refractivity contribution in [2.45, 2.75) is 44.9 Å². The lowest BCUT2D eigenvalue weighted by molar-refractivity contribution is -0.156. The number of carbonyl (C=O) groups excluding carboxylic acids is 1. The van der Waals surface area contributed by atoms with Gasteiger partial charge in [-0.3, -0.25) is 4.57 Å². The first-order valence-corrected chi connectivity index (χ1v) is 9.02. The summed E-state index contributed by atoms with van der Waals surface area (Å²) in [5.41, 5.74) is 0. The van der Waals surface area contributed by atoms with Gasteiger partial charge in [0.25, 0.3) is 0 Å². The summed E-state index contributed by atoms with van der Waals surface area (Å²) in [6.07, 6.45) is -0.286. The van der Waals surface area contributed by atoms with Gasteiger partial charge >= 0.3 is 13.6 Å². The van der Waals surface area contributed by atoms with E-state index in [2.05, 4.69) is 0 Å². The number of hydrogen-bond acceptors (Lipinski definition) is 7. The van der Waals surface area contributed by atoms with Crippen molar-refractivity contribution in [2.75, 3.05) is 19.5 Å². The highest BCUT2D eigenvalue weighted by molar-refractivity contribution is 8.05. The molecule has 0 unspecified atom stereocenters. The van der Waals surface area contributed by atoms with Crippen LogP contribution in [-0.2, 0) is 23.1 Å². The molecule has 19 heavy (non-hydrogen) atoms. The van der Waals surface area contributed by atoms with E-state index >= 15 is 0 Å². The van der Waals surface area contributed by atoms with Crippen molar-refractivity contribution < 1.29 is 28.3 Å². The second-order valence-electron chi connectivity index (χ2n) is 3.93. The Morgan fingerprint density at radius 2 is 1.74 bits per heavy atom. The van der Waals surface area contributed by atoms with E-state index in [-0.39, 0.29) is 19.3 Å². The third-order valence-electron chi connectivity index (χ3n) is 2.03. The van der Waals surface area contributed by atoms with Crippen LogP contribution in [0.25, 0.3) is 0 Å². The van der Waals surface area contributed by atoms with Crippen LogP contribution in [0.5, 0.6) is 0 Å². The van der Waals surface area contributed by atoms with Crippen LogP contribution in [0.4, 0.5) is 0 Å². The van der Waals surface area contributed by atoms with Gasteiger partial charge in [0.2, 0.25) is 0 Å². The molecule has 0 aliphatic heterocycles. The Balaban J connectivity index is 5.03. The van der Waals surface area contributed by atoms with E-state index in [1.807, 2.05) is 0 Å². The monoisotopic (exact) mass is 314 g/mol. The lowest BCUT2D eigenvalue weighted by Crippen LogP contribution is -2.35.